The molecule has 0 N–H and O–H groups in total. The third kappa shape index (κ3) is 5.04. The lowest BCUT2D eigenvalue weighted by molar-refractivity contribution is 0.619. The summed E-state index contributed by atoms with van der Waals surface area (Å²) in [7, 11) is 0. The normalized spacial score (nSPS) is 11.5. The maximum atomic E-state index is 6.33. The van der Waals surface area contributed by atoms with Crippen LogP contribution in [0.2, 0.25) is 0 Å². The number of para-hydroxylation sites is 3. The molecule has 4 nitrogen and oxygen atoms in total. The van der Waals surface area contributed by atoms with E-state index in [-0.39, 0.29) is 0 Å². The molecule has 0 aliphatic heterocycles. The van der Waals surface area contributed by atoms with Gasteiger partial charge >= 0.3 is 0 Å². The van der Waals surface area contributed by atoms with Crippen LogP contribution in [0.15, 0.2) is 191 Å². The second-order valence-corrected chi connectivity index (χ2v) is 12.8. The number of anilines is 3. The highest BCUT2D eigenvalue weighted by Gasteiger charge is 2.17. The van der Waals surface area contributed by atoms with Gasteiger partial charge in [0.05, 0.1) is 0 Å². The number of rotatable bonds is 6. The van der Waals surface area contributed by atoms with E-state index < -0.39 is 0 Å². The Morgan fingerprint density at radius 1 is 0.373 bits per heavy atom. The van der Waals surface area contributed by atoms with Gasteiger partial charge in [0.2, 0.25) is 5.89 Å². The molecule has 0 aliphatic rings. The van der Waals surface area contributed by atoms with Crippen LogP contribution in [-0.2, 0) is 0 Å². The fraction of sp³-hybridized carbons (Fsp3) is 0. The Morgan fingerprint density at radius 2 is 1.02 bits per heavy atom. The second-order valence-electron chi connectivity index (χ2n) is 12.8. The Labute approximate surface area is 294 Å². The SMILES string of the molecule is c1ccc(N(c2ccc(-c3cccc4oc(-c5ccc6c(c5)oc5ccccc56)nc34)cc2)c2cccc(-c3cccc4ccccc34)c2)cc1. The summed E-state index contributed by atoms with van der Waals surface area (Å²) in [6.45, 7) is 0. The van der Waals surface area contributed by atoms with E-state index >= 15 is 0 Å². The molecular formula is C47H30N2O2. The van der Waals surface area contributed by atoms with Gasteiger partial charge in [-0.25, -0.2) is 4.98 Å². The Balaban J connectivity index is 1.02. The topological polar surface area (TPSA) is 42.4 Å². The molecule has 0 saturated carbocycles. The van der Waals surface area contributed by atoms with Crippen LogP contribution >= 0.6 is 0 Å². The number of hydrogen-bond acceptors (Lipinski definition) is 4. The van der Waals surface area contributed by atoms with E-state index in [4.69, 9.17) is 13.8 Å². The zero-order valence-electron chi connectivity index (χ0n) is 27.5. The molecule has 0 radical (unpaired) electrons. The van der Waals surface area contributed by atoms with Gasteiger partial charge in [0.25, 0.3) is 0 Å². The van der Waals surface area contributed by atoms with E-state index in [1.165, 1.54) is 21.9 Å². The van der Waals surface area contributed by atoms with E-state index in [0.29, 0.717) is 5.89 Å². The van der Waals surface area contributed by atoms with Crippen molar-refractivity contribution in [2.75, 3.05) is 4.90 Å². The molecule has 8 aromatic carbocycles. The number of fused-ring (bicyclic) bond motifs is 5. The Bertz CT molecular complexity index is 2860. The first kappa shape index (κ1) is 29.0. The van der Waals surface area contributed by atoms with Crippen molar-refractivity contribution in [3.8, 4) is 33.7 Å². The van der Waals surface area contributed by atoms with Gasteiger partial charge in [0, 0.05) is 39.0 Å². The molecule has 0 amide bonds. The summed E-state index contributed by atoms with van der Waals surface area (Å²) in [6.07, 6.45) is 0. The van der Waals surface area contributed by atoms with Gasteiger partial charge < -0.3 is 13.7 Å². The minimum atomic E-state index is 0.567. The number of hydrogen-bond donors (Lipinski definition) is 0. The number of nitrogens with zero attached hydrogens (tertiary/aromatic N) is 2. The summed E-state index contributed by atoms with van der Waals surface area (Å²) in [5.74, 6) is 0.567. The minimum Gasteiger partial charge on any atom is -0.456 e. The summed E-state index contributed by atoms with van der Waals surface area (Å²) < 4.78 is 12.5. The van der Waals surface area contributed by atoms with Crippen LogP contribution in [-0.4, -0.2) is 4.98 Å². The van der Waals surface area contributed by atoms with Crippen molar-refractivity contribution in [3.05, 3.63) is 182 Å². The molecule has 0 aliphatic carbocycles. The van der Waals surface area contributed by atoms with Crippen LogP contribution in [0.3, 0.4) is 0 Å². The zero-order chi connectivity index (χ0) is 33.7. The van der Waals surface area contributed by atoms with Crippen LogP contribution in [0.1, 0.15) is 0 Å². The smallest absolute Gasteiger partial charge is 0.227 e. The molecule has 51 heavy (non-hydrogen) atoms. The van der Waals surface area contributed by atoms with Crippen LogP contribution in [0.25, 0.3) is 77.5 Å². The molecule has 240 valence electrons. The van der Waals surface area contributed by atoms with E-state index in [0.717, 1.165) is 66.8 Å². The molecule has 4 heteroatoms. The average Bonchev–Trinajstić information content (AvgIpc) is 3.80. The first-order chi connectivity index (χ1) is 25.3. The molecule has 0 spiro atoms. The highest BCUT2D eigenvalue weighted by Crippen LogP contribution is 2.40. The van der Waals surface area contributed by atoms with Crippen molar-refractivity contribution >= 4 is 60.9 Å². The second kappa shape index (κ2) is 11.9. The summed E-state index contributed by atoms with van der Waals surface area (Å²) in [5, 5.41) is 4.66. The summed E-state index contributed by atoms with van der Waals surface area (Å²) in [4.78, 5) is 7.32. The van der Waals surface area contributed by atoms with Crippen molar-refractivity contribution < 1.29 is 8.83 Å². The van der Waals surface area contributed by atoms with E-state index in [2.05, 4.69) is 150 Å². The molecule has 10 aromatic rings. The first-order valence-corrected chi connectivity index (χ1v) is 17.1. The van der Waals surface area contributed by atoms with Crippen molar-refractivity contribution in [1.82, 2.24) is 4.98 Å². The number of oxazole rings is 1. The van der Waals surface area contributed by atoms with Gasteiger partial charge in [-0.1, -0.05) is 115 Å². The largest absolute Gasteiger partial charge is 0.456 e. The van der Waals surface area contributed by atoms with Gasteiger partial charge in [0.15, 0.2) is 5.58 Å². The lowest BCUT2D eigenvalue weighted by Gasteiger charge is -2.26. The lowest BCUT2D eigenvalue weighted by Crippen LogP contribution is -2.09. The molecule has 0 bridgehead atoms. The number of aromatic nitrogens is 1. The fourth-order valence-corrected chi connectivity index (χ4v) is 7.27. The third-order valence-electron chi connectivity index (χ3n) is 9.70. The van der Waals surface area contributed by atoms with Gasteiger partial charge in [-0.3, -0.25) is 0 Å². The van der Waals surface area contributed by atoms with Gasteiger partial charge in [-0.05, 0) is 94.2 Å². The van der Waals surface area contributed by atoms with Crippen LogP contribution in [0, 0.1) is 0 Å². The fourth-order valence-electron chi connectivity index (χ4n) is 7.27. The van der Waals surface area contributed by atoms with E-state index in [1.807, 2.05) is 36.4 Å². The number of furan rings is 1. The Kier molecular flexibility index (Phi) is 6.78. The van der Waals surface area contributed by atoms with Crippen LogP contribution in [0.4, 0.5) is 17.1 Å². The van der Waals surface area contributed by atoms with Crippen molar-refractivity contribution in [2.24, 2.45) is 0 Å². The van der Waals surface area contributed by atoms with E-state index in [1.54, 1.807) is 0 Å². The monoisotopic (exact) mass is 654 g/mol. The summed E-state index contributed by atoms with van der Waals surface area (Å²) >= 11 is 0. The lowest BCUT2D eigenvalue weighted by atomic mass is 9.97. The Morgan fingerprint density at radius 3 is 1.92 bits per heavy atom. The van der Waals surface area contributed by atoms with Crippen molar-refractivity contribution in [2.45, 2.75) is 0 Å². The molecule has 2 aromatic heterocycles. The molecule has 0 atom stereocenters. The predicted molar refractivity (Wildman–Crippen MR) is 210 cm³/mol. The van der Waals surface area contributed by atoms with Crippen LogP contribution in [0.5, 0.6) is 0 Å². The molecule has 0 fully saturated rings. The van der Waals surface area contributed by atoms with E-state index in [9.17, 15) is 0 Å². The third-order valence-corrected chi connectivity index (χ3v) is 9.70. The standard InChI is InChI=1S/C47H30N2O2/c1-2-14-35(15-3-1)49(37-16-8-13-33(29-37)39-19-9-12-31-11-4-5-17-38(31)39)36-26-23-32(24-27-36)40-20-10-22-44-46(40)48-47(51-44)34-25-28-42-41-18-6-7-21-43(41)50-45(42)30-34/h1-30H. The molecular weight excluding hydrogens is 625 g/mol. The quantitative estimate of drug-likeness (QED) is 0.179. The minimum absolute atomic E-state index is 0.567. The molecule has 10 rings (SSSR count). The summed E-state index contributed by atoms with van der Waals surface area (Å²) in [6, 6.07) is 63.5. The average molecular weight is 655 g/mol. The van der Waals surface area contributed by atoms with Gasteiger partial charge in [-0.2, -0.15) is 0 Å². The maximum Gasteiger partial charge on any atom is 0.227 e. The number of benzene rings is 8. The van der Waals surface area contributed by atoms with Gasteiger partial charge in [-0.15, -0.1) is 0 Å². The van der Waals surface area contributed by atoms with Crippen molar-refractivity contribution in [3.63, 3.8) is 0 Å². The predicted octanol–water partition coefficient (Wildman–Crippen LogP) is 13.4. The van der Waals surface area contributed by atoms with Gasteiger partial charge in [0.1, 0.15) is 16.7 Å². The molecule has 0 unspecified atom stereocenters. The maximum absolute atomic E-state index is 6.33. The van der Waals surface area contributed by atoms with Crippen LogP contribution < -0.4 is 4.90 Å². The highest BCUT2D eigenvalue weighted by molar-refractivity contribution is 6.06. The Hall–Kier alpha value is -6.91. The molecule has 2 heterocycles. The summed E-state index contributed by atoms with van der Waals surface area (Å²) in [5.41, 5.74) is 11.8. The first-order valence-electron chi connectivity index (χ1n) is 17.1. The van der Waals surface area contributed by atoms with Crippen molar-refractivity contribution in [1.29, 1.82) is 0 Å². The molecule has 0 saturated heterocycles. The zero-order valence-corrected chi connectivity index (χ0v) is 27.5. The highest BCUT2D eigenvalue weighted by atomic mass is 16.3.